The lowest BCUT2D eigenvalue weighted by atomic mass is 10.1. The standard InChI is InChI=1S/C19H16BrN3OS/c1-2-10-21-19-23-17(12-25-19)14-4-3-5-16(11-14)22-18(24)13-6-8-15(20)9-7-13/h2-9,11-12H,1,10H2,(H,21,23)(H,22,24). The fourth-order valence-corrected chi connectivity index (χ4v) is 3.20. The number of hydrogen-bond donors (Lipinski definition) is 2. The van der Waals surface area contributed by atoms with E-state index in [1.54, 1.807) is 29.5 Å². The van der Waals surface area contributed by atoms with Gasteiger partial charge in [-0.25, -0.2) is 4.98 Å². The maximum absolute atomic E-state index is 12.3. The maximum atomic E-state index is 12.3. The van der Waals surface area contributed by atoms with Crippen LogP contribution in [0.15, 0.2) is 71.0 Å². The number of anilines is 2. The summed E-state index contributed by atoms with van der Waals surface area (Å²) in [5.41, 5.74) is 3.17. The largest absolute Gasteiger partial charge is 0.358 e. The van der Waals surface area contributed by atoms with E-state index in [0.717, 1.165) is 26.5 Å². The zero-order chi connectivity index (χ0) is 17.6. The number of nitrogens with one attached hydrogen (secondary N) is 2. The van der Waals surface area contributed by atoms with Gasteiger partial charge in [-0.15, -0.1) is 17.9 Å². The topological polar surface area (TPSA) is 54.0 Å². The number of rotatable bonds is 6. The Balaban J connectivity index is 1.75. The van der Waals surface area contributed by atoms with Crippen molar-refractivity contribution in [1.29, 1.82) is 0 Å². The summed E-state index contributed by atoms with van der Waals surface area (Å²) in [5.74, 6) is -0.142. The molecule has 0 bridgehead atoms. The van der Waals surface area contributed by atoms with Crippen LogP contribution in [0.25, 0.3) is 11.3 Å². The highest BCUT2D eigenvalue weighted by Gasteiger charge is 2.08. The van der Waals surface area contributed by atoms with Gasteiger partial charge in [-0.05, 0) is 36.4 Å². The van der Waals surface area contributed by atoms with Gasteiger partial charge >= 0.3 is 0 Å². The van der Waals surface area contributed by atoms with E-state index >= 15 is 0 Å². The maximum Gasteiger partial charge on any atom is 0.255 e. The first kappa shape index (κ1) is 17.4. The Morgan fingerprint density at radius 2 is 2.04 bits per heavy atom. The minimum atomic E-state index is -0.142. The summed E-state index contributed by atoms with van der Waals surface area (Å²) in [6.45, 7) is 4.36. The average molecular weight is 414 g/mol. The van der Waals surface area contributed by atoms with Crippen molar-refractivity contribution in [2.45, 2.75) is 0 Å². The molecule has 126 valence electrons. The van der Waals surface area contributed by atoms with E-state index in [4.69, 9.17) is 0 Å². The Morgan fingerprint density at radius 3 is 2.80 bits per heavy atom. The molecule has 1 aromatic heterocycles. The Morgan fingerprint density at radius 1 is 1.24 bits per heavy atom. The first-order chi connectivity index (χ1) is 12.2. The van der Waals surface area contributed by atoms with Gasteiger partial charge in [-0.3, -0.25) is 4.79 Å². The summed E-state index contributed by atoms with van der Waals surface area (Å²) in [4.78, 5) is 16.9. The molecular weight excluding hydrogens is 398 g/mol. The zero-order valence-corrected chi connectivity index (χ0v) is 15.7. The quantitative estimate of drug-likeness (QED) is 0.530. The third-order valence-corrected chi connectivity index (χ3v) is 4.75. The number of carbonyl (C=O) groups excluding carboxylic acids is 1. The second-order valence-electron chi connectivity index (χ2n) is 5.25. The van der Waals surface area contributed by atoms with Crippen molar-refractivity contribution in [2.24, 2.45) is 0 Å². The lowest BCUT2D eigenvalue weighted by molar-refractivity contribution is 0.102. The van der Waals surface area contributed by atoms with Crippen LogP contribution in [0, 0.1) is 0 Å². The molecule has 1 amide bonds. The molecule has 4 nitrogen and oxygen atoms in total. The van der Waals surface area contributed by atoms with Gasteiger partial charge in [0.25, 0.3) is 5.91 Å². The van der Waals surface area contributed by atoms with E-state index in [2.05, 4.69) is 38.1 Å². The fraction of sp³-hybridized carbons (Fsp3) is 0.0526. The third kappa shape index (κ3) is 4.55. The molecule has 0 aliphatic rings. The van der Waals surface area contributed by atoms with Crippen LogP contribution >= 0.6 is 27.3 Å². The molecule has 0 fully saturated rings. The van der Waals surface area contributed by atoms with Crippen molar-refractivity contribution in [3.8, 4) is 11.3 Å². The molecule has 0 spiro atoms. The van der Waals surface area contributed by atoms with Crippen LogP contribution in [-0.2, 0) is 0 Å². The van der Waals surface area contributed by atoms with E-state index in [9.17, 15) is 4.79 Å². The molecule has 0 radical (unpaired) electrons. The SMILES string of the molecule is C=CCNc1nc(-c2cccc(NC(=O)c3ccc(Br)cc3)c2)cs1. The van der Waals surface area contributed by atoms with Crippen LogP contribution in [-0.4, -0.2) is 17.4 Å². The molecule has 3 aromatic rings. The molecule has 0 aliphatic carbocycles. The predicted molar refractivity (Wildman–Crippen MR) is 108 cm³/mol. The number of benzene rings is 2. The third-order valence-electron chi connectivity index (χ3n) is 3.42. The minimum Gasteiger partial charge on any atom is -0.358 e. The van der Waals surface area contributed by atoms with Gasteiger partial charge in [0.2, 0.25) is 0 Å². The van der Waals surface area contributed by atoms with Gasteiger partial charge in [0.15, 0.2) is 5.13 Å². The van der Waals surface area contributed by atoms with Gasteiger partial charge in [0.1, 0.15) is 0 Å². The summed E-state index contributed by atoms with van der Waals surface area (Å²) >= 11 is 4.91. The van der Waals surface area contributed by atoms with E-state index in [1.807, 2.05) is 41.8 Å². The van der Waals surface area contributed by atoms with Gasteiger partial charge in [0, 0.05) is 33.2 Å². The van der Waals surface area contributed by atoms with Crippen molar-refractivity contribution >= 4 is 44.0 Å². The number of carbonyl (C=O) groups is 1. The van der Waals surface area contributed by atoms with E-state index < -0.39 is 0 Å². The fourth-order valence-electron chi connectivity index (χ4n) is 2.21. The molecule has 2 aromatic carbocycles. The molecule has 0 aliphatic heterocycles. The summed E-state index contributed by atoms with van der Waals surface area (Å²) < 4.78 is 0.940. The number of hydrogen-bond acceptors (Lipinski definition) is 4. The normalized spacial score (nSPS) is 10.3. The lowest BCUT2D eigenvalue weighted by Crippen LogP contribution is -2.11. The van der Waals surface area contributed by atoms with Crippen LogP contribution in [0.3, 0.4) is 0 Å². The smallest absolute Gasteiger partial charge is 0.255 e. The van der Waals surface area contributed by atoms with Crippen molar-refractivity contribution < 1.29 is 4.79 Å². The summed E-state index contributed by atoms with van der Waals surface area (Å²) in [7, 11) is 0. The molecule has 0 unspecified atom stereocenters. The summed E-state index contributed by atoms with van der Waals surface area (Å²) in [6, 6.07) is 14.9. The number of amides is 1. The Labute approximate surface area is 158 Å². The average Bonchev–Trinajstić information content (AvgIpc) is 3.10. The van der Waals surface area contributed by atoms with Gasteiger partial charge < -0.3 is 10.6 Å². The van der Waals surface area contributed by atoms with Crippen LogP contribution in [0.4, 0.5) is 10.8 Å². The highest BCUT2D eigenvalue weighted by molar-refractivity contribution is 9.10. The number of nitrogens with zero attached hydrogens (tertiary/aromatic N) is 1. The first-order valence-corrected chi connectivity index (χ1v) is 9.30. The Bertz CT molecular complexity index is 890. The highest BCUT2D eigenvalue weighted by atomic mass is 79.9. The molecule has 3 rings (SSSR count). The Hall–Kier alpha value is -2.44. The molecule has 0 saturated heterocycles. The lowest BCUT2D eigenvalue weighted by Gasteiger charge is -2.07. The predicted octanol–water partition coefficient (Wildman–Crippen LogP) is 5.42. The van der Waals surface area contributed by atoms with Crippen LogP contribution < -0.4 is 10.6 Å². The van der Waals surface area contributed by atoms with Crippen LogP contribution in [0.1, 0.15) is 10.4 Å². The number of aromatic nitrogens is 1. The van der Waals surface area contributed by atoms with Crippen molar-refractivity contribution in [2.75, 3.05) is 17.2 Å². The van der Waals surface area contributed by atoms with Gasteiger partial charge in [-0.1, -0.05) is 34.1 Å². The van der Waals surface area contributed by atoms with Crippen molar-refractivity contribution in [1.82, 2.24) is 4.98 Å². The second-order valence-corrected chi connectivity index (χ2v) is 7.02. The molecule has 6 heteroatoms. The zero-order valence-electron chi connectivity index (χ0n) is 13.3. The van der Waals surface area contributed by atoms with E-state index in [-0.39, 0.29) is 5.91 Å². The molecule has 0 saturated carbocycles. The van der Waals surface area contributed by atoms with Crippen LogP contribution in [0.2, 0.25) is 0 Å². The second kappa shape index (κ2) is 8.09. The van der Waals surface area contributed by atoms with E-state index in [1.165, 1.54) is 0 Å². The van der Waals surface area contributed by atoms with Gasteiger partial charge in [-0.2, -0.15) is 0 Å². The molecule has 2 N–H and O–H groups in total. The van der Waals surface area contributed by atoms with Gasteiger partial charge in [0.05, 0.1) is 5.69 Å². The number of halogens is 1. The first-order valence-electron chi connectivity index (χ1n) is 7.63. The molecule has 0 atom stereocenters. The van der Waals surface area contributed by atoms with E-state index in [0.29, 0.717) is 12.1 Å². The minimum absolute atomic E-state index is 0.142. The van der Waals surface area contributed by atoms with Crippen molar-refractivity contribution in [3.63, 3.8) is 0 Å². The number of thiazole rings is 1. The monoisotopic (exact) mass is 413 g/mol. The Kier molecular flexibility index (Phi) is 5.63. The van der Waals surface area contributed by atoms with Crippen molar-refractivity contribution in [3.05, 3.63) is 76.6 Å². The molecular formula is C19H16BrN3OS. The molecule has 1 heterocycles. The molecule has 25 heavy (non-hydrogen) atoms. The highest BCUT2D eigenvalue weighted by Crippen LogP contribution is 2.27. The van der Waals surface area contributed by atoms with Crippen LogP contribution in [0.5, 0.6) is 0 Å². The summed E-state index contributed by atoms with van der Waals surface area (Å²) in [5, 5.41) is 8.93. The summed E-state index contributed by atoms with van der Waals surface area (Å²) in [6.07, 6.45) is 1.79.